The van der Waals surface area contributed by atoms with Crippen LogP contribution in [0, 0.1) is 16.0 Å². The van der Waals surface area contributed by atoms with Crippen LogP contribution in [0.3, 0.4) is 0 Å². The molecule has 0 bridgehead atoms. The normalized spacial score (nSPS) is 21.0. The molecule has 0 heterocycles. The first-order valence-electron chi connectivity index (χ1n) is 7.34. The van der Waals surface area contributed by atoms with Gasteiger partial charge in [0.1, 0.15) is 5.56 Å². The highest BCUT2D eigenvalue weighted by Gasteiger charge is 2.26. The van der Waals surface area contributed by atoms with Crippen LogP contribution in [0.25, 0.3) is 0 Å². The average Bonchev–Trinajstić information content (AvgIpc) is 2.84. The molecule has 2 N–H and O–H groups in total. The maximum Gasteiger partial charge on any atom is 0.282 e. The lowest BCUT2D eigenvalue weighted by Crippen LogP contribution is -2.33. The van der Waals surface area contributed by atoms with E-state index >= 15 is 0 Å². The van der Waals surface area contributed by atoms with Crippen LogP contribution >= 0.6 is 0 Å². The number of nitrogens with one attached hydrogen (secondary N) is 2. The molecule has 114 valence electrons. The van der Waals surface area contributed by atoms with E-state index in [4.69, 9.17) is 0 Å². The second-order valence-electron chi connectivity index (χ2n) is 5.61. The van der Waals surface area contributed by atoms with Crippen LogP contribution in [-0.4, -0.2) is 23.4 Å². The monoisotopic (exact) mass is 291 g/mol. The maximum absolute atomic E-state index is 12.3. The first kappa shape index (κ1) is 15.3. The van der Waals surface area contributed by atoms with Crippen molar-refractivity contribution in [3.8, 4) is 0 Å². The van der Waals surface area contributed by atoms with Gasteiger partial charge >= 0.3 is 0 Å². The highest BCUT2D eigenvalue weighted by atomic mass is 16.6. The lowest BCUT2D eigenvalue weighted by molar-refractivity contribution is -0.385. The third-order valence-corrected chi connectivity index (χ3v) is 3.85. The van der Waals surface area contributed by atoms with Crippen molar-refractivity contribution in [3.05, 3.63) is 33.9 Å². The van der Waals surface area contributed by atoms with Gasteiger partial charge in [0.25, 0.3) is 11.6 Å². The summed E-state index contributed by atoms with van der Waals surface area (Å²) < 4.78 is 0. The first-order chi connectivity index (χ1) is 10.0. The number of amides is 1. The molecule has 1 amide bonds. The number of nitrogens with zero attached hydrogens (tertiary/aromatic N) is 1. The largest absolute Gasteiger partial charge is 0.385 e. The second kappa shape index (κ2) is 6.56. The lowest BCUT2D eigenvalue weighted by Gasteiger charge is -2.13. The topological polar surface area (TPSA) is 84.3 Å². The quantitative estimate of drug-likeness (QED) is 0.645. The van der Waals surface area contributed by atoms with Gasteiger partial charge in [-0.3, -0.25) is 14.9 Å². The van der Waals surface area contributed by atoms with Crippen LogP contribution < -0.4 is 10.6 Å². The summed E-state index contributed by atoms with van der Waals surface area (Å²) in [7, 11) is 0. The Hall–Kier alpha value is -2.11. The molecule has 6 nitrogen and oxygen atoms in total. The smallest absolute Gasteiger partial charge is 0.282 e. The Morgan fingerprint density at radius 1 is 1.43 bits per heavy atom. The Morgan fingerprint density at radius 2 is 2.19 bits per heavy atom. The SMILES string of the molecule is CCNc1ccc([N+](=O)[O-])c(C(=O)NC2CCC(C)C2)c1. The molecular formula is C15H21N3O3. The van der Waals surface area contributed by atoms with Gasteiger partial charge in [-0.25, -0.2) is 0 Å². The molecule has 6 heteroatoms. The van der Waals surface area contributed by atoms with Crippen molar-refractivity contribution in [2.75, 3.05) is 11.9 Å². The van der Waals surface area contributed by atoms with E-state index in [1.54, 1.807) is 12.1 Å². The minimum atomic E-state index is -0.512. The fraction of sp³-hybridized carbons (Fsp3) is 0.533. The summed E-state index contributed by atoms with van der Waals surface area (Å²) in [5.41, 5.74) is 0.686. The molecule has 0 saturated heterocycles. The van der Waals surface area contributed by atoms with Crippen molar-refractivity contribution < 1.29 is 9.72 Å². The maximum atomic E-state index is 12.3. The number of anilines is 1. The van der Waals surface area contributed by atoms with Crippen molar-refractivity contribution in [2.45, 2.75) is 39.2 Å². The number of nitro groups is 1. The molecule has 2 rings (SSSR count). The van der Waals surface area contributed by atoms with E-state index in [1.165, 1.54) is 6.07 Å². The van der Waals surface area contributed by atoms with E-state index in [-0.39, 0.29) is 23.2 Å². The predicted octanol–water partition coefficient (Wildman–Crippen LogP) is 2.95. The number of carbonyl (C=O) groups excluding carboxylic acids is 1. The number of rotatable bonds is 5. The highest BCUT2D eigenvalue weighted by Crippen LogP contribution is 2.27. The van der Waals surface area contributed by atoms with Crippen LogP contribution in [-0.2, 0) is 0 Å². The lowest BCUT2D eigenvalue weighted by atomic mass is 10.1. The molecule has 0 radical (unpaired) electrons. The van der Waals surface area contributed by atoms with E-state index in [0.717, 1.165) is 19.3 Å². The minimum absolute atomic E-state index is 0.120. The molecule has 0 aliphatic heterocycles. The van der Waals surface area contributed by atoms with Gasteiger partial charge in [-0.1, -0.05) is 6.92 Å². The highest BCUT2D eigenvalue weighted by molar-refractivity contribution is 5.99. The van der Waals surface area contributed by atoms with Crippen molar-refractivity contribution in [1.82, 2.24) is 5.32 Å². The van der Waals surface area contributed by atoms with Crippen molar-refractivity contribution in [2.24, 2.45) is 5.92 Å². The van der Waals surface area contributed by atoms with Gasteiger partial charge in [0.05, 0.1) is 4.92 Å². The van der Waals surface area contributed by atoms with Crippen LogP contribution in [0.4, 0.5) is 11.4 Å². The van der Waals surface area contributed by atoms with E-state index < -0.39 is 4.92 Å². The molecule has 21 heavy (non-hydrogen) atoms. The molecule has 1 saturated carbocycles. The average molecular weight is 291 g/mol. The summed E-state index contributed by atoms with van der Waals surface area (Å²) in [6.45, 7) is 4.78. The van der Waals surface area contributed by atoms with Crippen LogP contribution in [0.15, 0.2) is 18.2 Å². The first-order valence-corrected chi connectivity index (χ1v) is 7.34. The third-order valence-electron chi connectivity index (χ3n) is 3.85. The van der Waals surface area contributed by atoms with Gasteiger partial charge in [-0.15, -0.1) is 0 Å². The predicted molar refractivity (Wildman–Crippen MR) is 81.5 cm³/mol. The van der Waals surface area contributed by atoms with E-state index in [2.05, 4.69) is 17.6 Å². The zero-order valence-electron chi connectivity index (χ0n) is 12.4. The molecule has 1 aromatic rings. The van der Waals surface area contributed by atoms with Gasteiger partial charge in [-0.05, 0) is 44.2 Å². The molecule has 0 spiro atoms. The third kappa shape index (κ3) is 3.71. The van der Waals surface area contributed by atoms with Gasteiger partial charge in [0.2, 0.25) is 0 Å². The molecule has 1 aliphatic rings. The number of carbonyl (C=O) groups is 1. The van der Waals surface area contributed by atoms with E-state index in [1.807, 2.05) is 6.92 Å². The van der Waals surface area contributed by atoms with Crippen LogP contribution in [0.1, 0.15) is 43.5 Å². The summed E-state index contributed by atoms with van der Waals surface area (Å²) in [6.07, 6.45) is 2.96. The Balaban J connectivity index is 2.20. The van der Waals surface area contributed by atoms with Crippen molar-refractivity contribution in [1.29, 1.82) is 0 Å². The zero-order valence-corrected chi connectivity index (χ0v) is 12.4. The zero-order chi connectivity index (χ0) is 15.4. The van der Waals surface area contributed by atoms with Crippen LogP contribution in [0.5, 0.6) is 0 Å². The number of benzene rings is 1. The van der Waals surface area contributed by atoms with Crippen LogP contribution in [0.2, 0.25) is 0 Å². The Kier molecular flexibility index (Phi) is 4.77. The van der Waals surface area contributed by atoms with E-state index in [0.29, 0.717) is 18.2 Å². The second-order valence-corrected chi connectivity index (χ2v) is 5.61. The number of nitro benzene ring substituents is 1. The Morgan fingerprint density at radius 3 is 2.76 bits per heavy atom. The van der Waals surface area contributed by atoms with Gasteiger partial charge in [-0.2, -0.15) is 0 Å². The molecule has 1 aliphatic carbocycles. The standard InChI is InChI=1S/C15H21N3O3/c1-3-16-11-6-7-14(18(20)21)13(9-11)15(19)17-12-5-4-10(2)8-12/h6-7,9-10,12,16H,3-5,8H2,1-2H3,(H,17,19). The summed E-state index contributed by atoms with van der Waals surface area (Å²) >= 11 is 0. The Bertz CT molecular complexity index is 545. The molecule has 1 fully saturated rings. The summed E-state index contributed by atoms with van der Waals surface area (Å²) in [5.74, 6) is 0.235. The summed E-state index contributed by atoms with van der Waals surface area (Å²) in [5, 5.41) is 17.1. The molecule has 2 unspecified atom stereocenters. The van der Waals surface area contributed by atoms with Crippen molar-refractivity contribution >= 4 is 17.3 Å². The fourth-order valence-corrected chi connectivity index (χ4v) is 2.79. The molecular weight excluding hydrogens is 270 g/mol. The van der Waals surface area contributed by atoms with E-state index in [9.17, 15) is 14.9 Å². The number of hydrogen-bond donors (Lipinski definition) is 2. The number of hydrogen-bond acceptors (Lipinski definition) is 4. The summed E-state index contributed by atoms with van der Waals surface area (Å²) in [4.78, 5) is 22.9. The molecule has 0 aromatic heterocycles. The van der Waals surface area contributed by atoms with Gasteiger partial charge in [0.15, 0.2) is 0 Å². The minimum Gasteiger partial charge on any atom is -0.385 e. The molecule has 2 atom stereocenters. The fourth-order valence-electron chi connectivity index (χ4n) is 2.79. The van der Waals surface area contributed by atoms with Gasteiger partial charge in [0, 0.05) is 24.3 Å². The summed E-state index contributed by atoms with van der Waals surface area (Å²) in [6, 6.07) is 4.67. The van der Waals surface area contributed by atoms with Gasteiger partial charge < -0.3 is 10.6 Å². The van der Waals surface area contributed by atoms with Crippen molar-refractivity contribution in [3.63, 3.8) is 0 Å². The Labute approximate surface area is 124 Å². The molecule has 1 aromatic carbocycles.